The standard InChI is InChI=1S/C16H19NO3S/c1-3-5-10-20-12-8-6-11(7-9-12)15-17-13(4-2)14(21-15)16(18)19/h6-9H,3-5,10H2,1-2H3,(H,18,19). The Balaban J connectivity index is 2.16. The molecule has 0 aliphatic carbocycles. The maximum Gasteiger partial charge on any atom is 0.347 e. The SMILES string of the molecule is CCCCOc1ccc(-c2nc(CC)c(C(=O)O)s2)cc1. The third-order valence-corrected chi connectivity index (χ3v) is 4.23. The summed E-state index contributed by atoms with van der Waals surface area (Å²) in [4.78, 5) is 15.9. The number of hydrogen-bond acceptors (Lipinski definition) is 4. The van der Waals surface area contributed by atoms with Crippen molar-refractivity contribution in [1.82, 2.24) is 4.98 Å². The van der Waals surface area contributed by atoms with Crippen LogP contribution in [-0.2, 0) is 6.42 Å². The molecule has 0 bridgehead atoms. The van der Waals surface area contributed by atoms with Crippen molar-refractivity contribution < 1.29 is 14.6 Å². The summed E-state index contributed by atoms with van der Waals surface area (Å²) in [6.07, 6.45) is 2.77. The Labute approximate surface area is 128 Å². The minimum Gasteiger partial charge on any atom is -0.494 e. The lowest BCUT2D eigenvalue weighted by Crippen LogP contribution is -1.97. The fraction of sp³-hybridized carbons (Fsp3) is 0.375. The van der Waals surface area contributed by atoms with Crippen LogP contribution in [-0.4, -0.2) is 22.7 Å². The van der Waals surface area contributed by atoms with Crippen LogP contribution in [0.15, 0.2) is 24.3 Å². The number of thiazole rings is 1. The quantitative estimate of drug-likeness (QED) is 0.777. The van der Waals surface area contributed by atoms with Gasteiger partial charge in [0.05, 0.1) is 12.3 Å². The number of carboxylic acid groups (broad SMARTS) is 1. The molecule has 0 radical (unpaired) electrons. The van der Waals surface area contributed by atoms with E-state index < -0.39 is 5.97 Å². The molecule has 0 fully saturated rings. The first-order valence-electron chi connectivity index (χ1n) is 7.12. The second-order valence-corrected chi connectivity index (χ2v) is 5.68. The van der Waals surface area contributed by atoms with Gasteiger partial charge in [-0.25, -0.2) is 9.78 Å². The van der Waals surface area contributed by atoms with E-state index >= 15 is 0 Å². The van der Waals surface area contributed by atoms with Crippen LogP contribution in [0.3, 0.4) is 0 Å². The molecule has 0 saturated carbocycles. The second kappa shape index (κ2) is 7.22. The van der Waals surface area contributed by atoms with Crippen molar-refractivity contribution in [2.75, 3.05) is 6.61 Å². The molecule has 21 heavy (non-hydrogen) atoms. The molecule has 2 aromatic rings. The first kappa shape index (κ1) is 15.5. The van der Waals surface area contributed by atoms with Crippen LogP contribution in [0.1, 0.15) is 42.1 Å². The van der Waals surface area contributed by atoms with Gasteiger partial charge in [-0.2, -0.15) is 0 Å². The average molecular weight is 305 g/mol. The molecule has 0 unspecified atom stereocenters. The van der Waals surface area contributed by atoms with Crippen LogP contribution in [0.25, 0.3) is 10.6 Å². The van der Waals surface area contributed by atoms with Crippen LogP contribution in [0.2, 0.25) is 0 Å². The summed E-state index contributed by atoms with van der Waals surface area (Å²) in [6, 6.07) is 7.65. The van der Waals surface area contributed by atoms with Crippen LogP contribution < -0.4 is 4.74 Å². The number of aromatic carboxylic acids is 1. The van der Waals surface area contributed by atoms with Crippen molar-refractivity contribution in [3.63, 3.8) is 0 Å². The van der Waals surface area contributed by atoms with Gasteiger partial charge in [-0.1, -0.05) is 20.3 Å². The van der Waals surface area contributed by atoms with Crippen molar-refractivity contribution in [1.29, 1.82) is 0 Å². The largest absolute Gasteiger partial charge is 0.494 e. The fourth-order valence-electron chi connectivity index (χ4n) is 1.91. The summed E-state index contributed by atoms with van der Waals surface area (Å²) >= 11 is 1.22. The Kier molecular flexibility index (Phi) is 5.33. The number of hydrogen-bond donors (Lipinski definition) is 1. The van der Waals surface area contributed by atoms with Crippen molar-refractivity contribution in [3.8, 4) is 16.3 Å². The topological polar surface area (TPSA) is 59.4 Å². The Bertz CT molecular complexity index is 604. The smallest absolute Gasteiger partial charge is 0.347 e. The number of carbonyl (C=O) groups is 1. The number of rotatable bonds is 7. The van der Waals surface area contributed by atoms with Crippen LogP contribution in [0, 0.1) is 0 Å². The molecule has 0 spiro atoms. The molecule has 1 aromatic heterocycles. The summed E-state index contributed by atoms with van der Waals surface area (Å²) in [5.74, 6) is -0.0759. The highest BCUT2D eigenvalue weighted by molar-refractivity contribution is 7.17. The van der Waals surface area contributed by atoms with Crippen molar-refractivity contribution in [3.05, 3.63) is 34.8 Å². The Morgan fingerprint density at radius 2 is 2.00 bits per heavy atom. The van der Waals surface area contributed by atoms with Gasteiger partial charge >= 0.3 is 5.97 Å². The lowest BCUT2D eigenvalue weighted by molar-refractivity contribution is 0.0701. The van der Waals surface area contributed by atoms with Gasteiger partial charge < -0.3 is 9.84 Å². The molecule has 1 N–H and O–H groups in total. The Morgan fingerprint density at radius 1 is 1.29 bits per heavy atom. The lowest BCUT2D eigenvalue weighted by Gasteiger charge is -2.05. The van der Waals surface area contributed by atoms with Crippen molar-refractivity contribution in [2.45, 2.75) is 33.1 Å². The highest BCUT2D eigenvalue weighted by Gasteiger charge is 2.16. The van der Waals surface area contributed by atoms with Gasteiger partial charge in [0.25, 0.3) is 0 Å². The zero-order valence-electron chi connectivity index (χ0n) is 12.3. The highest BCUT2D eigenvalue weighted by Crippen LogP contribution is 2.29. The van der Waals surface area contributed by atoms with E-state index in [9.17, 15) is 9.90 Å². The predicted molar refractivity (Wildman–Crippen MR) is 84.3 cm³/mol. The maximum absolute atomic E-state index is 11.2. The first-order chi connectivity index (χ1) is 10.2. The number of nitrogens with zero attached hydrogens (tertiary/aromatic N) is 1. The van der Waals surface area contributed by atoms with Crippen LogP contribution in [0.4, 0.5) is 0 Å². The number of ether oxygens (including phenoxy) is 1. The number of aryl methyl sites for hydroxylation is 1. The molecule has 0 aliphatic rings. The average Bonchev–Trinajstić information content (AvgIpc) is 2.93. The van der Waals surface area contributed by atoms with E-state index in [0.717, 1.165) is 35.8 Å². The van der Waals surface area contributed by atoms with Gasteiger partial charge in [0.2, 0.25) is 0 Å². The van der Waals surface area contributed by atoms with E-state index in [1.54, 1.807) is 0 Å². The molecule has 5 heteroatoms. The Hall–Kier alpha value is -1.88. The van der Waals surface area contributed by atoms with Crippen LogP contribution >= 0.6 is 11.3 Å². The molecule has 112 valence electrons. The molecule has 4 nitrogen and oxygen atoms in total. The van der Waals surface area contributed by atoms with E-state index in [4.69, 9.17) is 4.74 Å². The second-order valence-electron chi connectivity index (χ2n) is 4.68. The maximum atomic E-state index is 11.2. The summed E-state index contributed by atoms with van der Waals surface area (Å²) < 4.78 is 5.61. The monoisotopic (exact) mass is 305 g/mol. The number of benzene rings is 1. The molecule has 2 rings (SSSR count). The van der Waals surface area contributed by atoms with Gasteiger partial charge in [0.15, 0.2) is 0 Å². The molecule has 1 heterocycles. The van der Waals surface area contributed by atoms with Gasteiger partial charge in [0.1, 0.15) is 15.6 Å². The van der Waals surface area contributed by atoms with Gasteiger partial charge in [0, 0.05) is 5.56 Å². The van der Waals surface area contributed by atoms with E-state index in [1.165, 1.54) is 11.3 Å². The summed E-state index contributed by atoms with van der Waals surface area (Å²) in [6.45, 7) is 4.76. The van der Waals surface area contributed by atoms with Crippen molar-refractivity contribution >= 4 is 17.3 Å². The molecule has 0 amide bonds. The molecule has 0 atom stereocenters. The summed E-state index contributed by atoms with van der Waals surface area (Å²) in [7, 11) is 0. The first-order valence-corrected chi connectivity index (χ1v) is 7.93. The number of carboxylic acids is 1. The van der Waals surface area contributed by atoms with E-state index in [2.05, 4.69) is 11.9 Å². The molecule has 0 saturated heterocycles. The molecular formula is C16H19NO3S. The normalized spacial score (nSPS) is 10.6. The summed E-state index contributed by atoms with van der Waals surface area (Å²) in [5.41, 5.74) is 1.57. The zero-order chi connectivity index (χ0) is 15.2. The number of unbranched alkanes of at least 4 members (excludes halogenated alkanes) is 1. The predicted octanol–water partition coefficient (Wildman–Crippen LogP) is 4.25. The van der Waals surface area contributed by atoms with Gasteiger partial charge in [-0.3, -0.25) is 0 Å². The molecule has 1 aromatic carbocycles. The van der Waals surface area contributed by atoms with E-state index in [0.29, 0.717) is 17.0 Å². The van der Waals surface area contributed by atoms with Crippen LogP contribution in [0.5, 0.6) is 5.75 Å². The number of aromatic nitrogens is 1. The van der Waals surface area contributed by atoms with E-state index in [-0.39, 0.29) is 0 Å². The lowest BCUT2D eigenvalue weighted by atomic mass is 10.2. The third kappa shape index (κ3) is 3.82. The van der Waals surface area contributed by atoms with E-state index in [1.807, 2.05) is 31.2 Å². The minimum atomic E-state index is -0.907. The van der Waals surface area contributed by atoms with Gasteiger partial charge in [-0.05, 0) is 37.1 Å². The van der Waals surface area contributed by atoms with Crippen molar-refractivity contribution in [2.24, 2.45) is 0 Å². The minimum absolute atomic E-state index is 0.329. The summed E-state index contributed by atoms with van der Waals surface area (Å²) in [5, 5.41) is 9.91. The molecular weight excluding hydrogens is 286 g/mol. The Morgan fingerprint density at radius 3 is 2.52 bits per heavy atom. The van der Waals surface area contributed by atoms with Gasteiger partial charge in [-0.15, -0.1) is 11.3 Å². The molecule has 0 aliphatic heterocycles. The third-order valence-electron chi connectivity index (χ3n) is 3.09. The highest BCUT2D eigenvalue weighted by atomic mass is 32.1. The fourth-order valence-corrected chi connectivity index (χ4v) is 2.91. The zero-order valence-corrected chi connectivity index (χ0v) is 13.1.